The molecule has 5 heteroatoms. The lowest BCUT2D eigenvalue weighted by Gasteiger charge is -2.06. The molecule has 0 aliphatic heterocycles. The molecular formula is C22H30ClN3S. The zero-order valence-electron chi connectivity index (χ0n) is 16.7. The van der Waals surface area contributed by atoms with E-state index in [0.29, 0.717) is 0 Å². The van der Waals surface area contributed by atoms with Crippen LogP contribution in [0.25, 0.3) is 11.1 Å². The van der Waals surface area contributed by atoms with E-state index in [2.05, 4.69) is 30.6 Å². The summed E-state index contributed by atoms with van der Waals surface area (Å²) in [7, 11) is 0. The number of aromatic nitrogens is 2. The van der Waals surface area contributed by atoms with Gasteiger partial charge in [0.05, 0.1) is 11.9 Å². The van der Waals surface area contributed by atoms with E-state index < -0.39 is 0 Å². The van der Waals surface area contributed by atoms with E-state index in [1.807, 2.05) is 49.9 Å². The predicted octanol–water partition coefficient (Wildman–Crippen LogP) is 7.40. The Balaban J connectivity index is 0.000000309. The number of hydrogen-bond acceptors (Lipinski definition) is 3. The predicted molar refractivity (Wildman–Crippen MR) is 123 cm³/mol. The molecule has 0 atom stereocenters. The summed E-state index contributed by atoms with van der Waals surface area (Å²) in [5.74, 6) is 1.13. The quantitative estimate of drug-likeness (QED) is 0.356. The number of hydrogen-bond donors (Lipinski definition) is 2. The molecule has 0 aliphatic carbocycles. The minimum atomic E-state index is 0.773. The van der Waals surface area contributed by atoms with Gasteiger partial charge in [0.2, 0.25) is 0 Å². The Morgan fingerprint density at radius 1 is 1.30 bits per heavy atom. The maximum atomic E-state index is 7.54. The molecule has 27 heavy (non-hydrogen) atoms. The molecule has 2 N–H and O–H groups in total. The lowest BCUT2D eigenvalue weighted by molar-refractivity contribution is 0.779. The molecule has 0 bridgehead atoms. The Morgan fingerprint density at radius 3 is 2.48 bits per heavy atom. The fraction of sp³-hybridized carbons (Fsp3) is 0.364. The molecule has 0 fully saturated rings. The Morgan fingerprint density at radius 2 is 2.00 bits per heavy atom. The molecule has 1 aromatic carbocycles. The van der Waals surface area contributed by atoms with Crippen LogP contribution in [0.1, 0.15) is 56.9 Å². The monoisotopic (exact) mass is 403 g/mol. The number of halogens is 1. The fourth-order valence-electron chi connectivity index (χ4n) is 2.43. The van der Waals surface area contributed by atoms with Crippen molar-refractivity contribution in [3.63, 3.8) is 0 Å². The summed E-state index contributed by atoms with van der Waals surface area (Å²) in [6.07, 6.45) is 6.99. The van der Waals surface area contributed by atoms with E-state index in [-0.39, 0.29) is 0 Å². The van der Waals surface area contributed by atoms with Crippen molar-refractivity contribution in [3.05, 3.63) is 63.8 Å². The second-order valence-electron chi connectivity index (χ2n) is 6.36. The standard InChI is InChI=1S/C13H21N3S.C9H9Cl/c1-4-5-6-7-17-11(3)12(8-14)13-10(2)9-15-16-13;1-7(2)8-5-3-4-6-9(8)10/h8-9,14H,4-7H2,1-3H3,(H,15,16);3-6H,1H2,2H3/b12-11+,14-8?;. The Hall–Kier alpha value is -1.78. The highest BCUT2D eigenvalue weighted by atomic mass is 35.5. The lowest BCUT2D eigenvalue weighted by atomic mass is 10.1. The number of aryl methyl sites for hydroxylation is 1. The molecule has 0 radical (unpaired) electrons. The van der Waals surface area contributed by atoms with Gasteiger partial charge in [-0.25, -0.2) is 0 Å². The molecule has 2 aromatic rings. The van der Waals surface area contributed by atoms with E-state index >= 15 is 0 Å². The summed E-state index contributed by atoms with van der Waals surface area (Å²) < 4.78 is 0. The third-order valence-corrected chi connectivity index (χ3v) is 5.50. The minimum absolute atomic E-state index is 0.773. The van der Waals surface area contributed by atoms with Crippen molar-refractivity contribution in [2.24, 2.45) is 0 Å². The number of allylic oxidation sites excluding steroid dienone is 3. The van der Waals surface area contributed by atoms with Crippen LogP contribution < -0.4 is 0 Å². The number of H-pyrrole nitrogens is 1. The van der Waals surface area contributed by atoms with Gasteiger partial charge in [-0.05, 0) is 60.6 Å². The summed E-state index contributed by atoms with van der Waals surface area (Å²) >= 11 is 7.69. The van der Waals surface area contributed by atoms with Gasteiger partial charge in [0.1, 0.15) is 0 Å². The Kier molecular flexibility index (Phi) is 10.8. The maximum Gasteiger partial charge on any atom is 0.0702 e. The van der Waals surface area contributed by atoms with E-state index in [1.165, 1.54) is 30.4 Å². The van der Waals surface area contributed by atoms with Crippen molar-refractivity contribution in [1.82, 2.24) is 10.2 Å². The second-order valence-corrected chi connectivity index (χ2v) is 8.07. The number of thioether (sulfide) groups is 1. The average molecular weight is 404 g/mol. The van der Waals surface area contributed by atoms with Crippen molar-refractivity contribution in [3.8, 4) is 0 Å². The van der Waals surface area contributed by atoms with Crippen molar-refractivity contribution >= 4 is 40.7 Å². The van der Waals surface area contributed by atoms with Crippen LogP contribution in [0.5, 0.6) is 0 Å². The molecule has 1 aromatic heterocycles. The first-order chi connectivity index (χ1) is 12.9. The molecule has 0 saturated heterocycles. The normalized spacial score (nSPS) is 11.3. The van der Waals surface area contributed by atoms with Gasteiger partial charge in [-0.3, -0.25) is 5.10 Å². The lowest BCUT2D eigenvalue weighted by Crippen LogP contribution is -1.92. The highest BCUT2D eigenvalue weighted by Gasteiger charge is 2.08. The SMILES string of the molecule is C=C(C)c1ccccc1Cl.CCCCCS/C(C)=C(\C=N)c1[nH]ncc1C. The number of nitrogens with one attached hydrogen (secondary N) is 2. The molecule has 0 aliphatic rings. The van der Waals surface area contributed by atoms with E-state index in [4.69, 9.17) is 17.0 Å². The van der Waals surface area contributed by atoms with Crippen LogP contribution in [-0.2, 0) is 0 Å². The fourth-order valence-corrected chi connectivity index (χ4v) is 3.70. The number of nitrogens with zero attached hydrogens (tertiary/aromatic N) is 1. The largest absolute Gasteiger partial charge is 0.308 e. The van der Waals surface area contributed by atoms with Crippen molar-refractivity contribution < 1.29 is 0 Å². The molecule has 3 nitrogen and oxygen atoms in total. The molecule has 0 saturated carbocycles. The zero-order chi connectivity index (χ0) is 20.2. The summed E-state index contributed by atoms with van der Waals surface area (Å²) in [6.45, 7) is 12.1. The van der Waals surface area contributed by atoms with Gasteiger partial charge in [-0.2, -0.15) is 5.10 Å². The van der Waals surface area contributed by atoms with Gasteiger partial charge in [0, 0.05) is 16.8 Å². The number of rotatable bonds is 8. The first-order valence-electron chi connectivity index (χ1n) is 9.17. The van der Waals surface area contributed by atoms with Crippen molar-refractivity contribution in [2.75, 3.05) is 5.75 Å². The van der Waals surface area contributed by atoms with E-state index in [1.54, 1.807) is 6.20 Å². The number of unbranched alkanes of at least 4 members (excludes halogenated alkanes) is 2. The Labute approximate surface area is 172 Å². The first kappa shape index (κ1) is 23.3. The van der Waals surface area contributed by atoms with Crippen LogP contribution in [-0.4, -0.2) is 22.2 Å². The van der Waals surface area contributed by atoms with Gasteiger partial charge >= 0.3 is 0 Å². The highest BCUT2D eigenvalue weighted by molar-refractivity contribution is 8.03. The smallest absolute Gasteiger partial charge is 0.0702 e. The zero-order valence-corrected chi connectivity index (χ0v) is 18.3. The molecule has 0 unspecified atom stereocenters. The first-order valence-corrected chi connectivity index (χ1v) is 10.5. The molecular weight excluding hydrogens is 374 g/mol. The van der Waals surface area contributed by atoms with Gasteiger partial charge in [0.25, 0.3) is 0 Å². The highest BCUT2D eigenvalue weighted by Crippen LogP contribution is 2.26. The van der Waals surface area contributed by atoms with Crippen LogP contribution >= 0.6 is 23.4 Å². The van der Waals surface area contributed by atoms with Crippen LogP contribution in [0.2, 0.25) is 5.02 Å². The number of benzene rings is 1. The van der Waals surface area contributed by atoms with Gasteiger partial charge in [-0.15, -0.1) is 11.8 Å². The average Bonchev–Trinajstić information content (AvgIpc) is 3.06. The number of aromatic amines is 1. The molecule has 1 heterocycles. The molecule has 2 rings (SSSR count). The minimum Gasteiger partial charge on any atom is -0.308 e. The van der Waals surface area contributed by atoms with Gasteiger partial charge < -0.3 is 5.41 Å². The van der Waals surface area contributed by atoms with E-state index in [0.717, 1.165) is 38.7 Å². The third kappa shape index (κ3) is 7.77. The molecule has 0 amide bonds. The summed E-state index contributed by atoms with van der Waals surface area (Å²) in [6, 6.07) is 7.70. The van der Waals surface area contributed by atoms with Crippen LogP contribution in [0.15, 0.2) is 41.9 Å². The second kappa shape index (κ2) is 12.6. The van der Waals surface area contributed by atoms with Gasteiger partial charge in [-0.1, -0.05) is 56.1 Å². The van der Waals surface area contributed by atoms with E-state index in [9.17, 15) is 0 Å². The van der Waals surface area contributed by atoms with Crippen LogP contribution in [0.4, 0.5) is 0 Å². The van der Waals surface area contributed by atoms with Crippen molar-refractivity contribution in [1.29, 1.82) is 5.41 Å². The maximum absolute atomic E-state index is 7.54. The van der Waals surface area contributed by atoms with Crippen LogP contribution in [0.3, 0.4) is 0 Å². The molecule has 146 valence electrons. The summed E-state index contributed by atoms with van der Waals surface area (Å²) in [5, 5.41) is 15.3. The van der Waals surface area contributed by atoms with Gasteiger partial charge in [0.15, 0.2) is 0 Å². The Bertz CT molecular complexity index is 777. The topological polar surface area (TPSA) is 52.5 Å². The third-order valence-electron chi connectivity index (χ3n) is 4.02. The summed E-state index contributed by atoms with van der Waals surface area (Å²) in [4.78, 5) is 1.20. The molecule has 0 spiro atoms. The summed E-state index contributed by atoms with van der Waals surface area (Å²) in [5.41, 5.74) is 5.06. The van der Waals surface area contributed by atoms with Crippen LogP contribution in [0, 0.1) is 12.3 Å². The van der Waals surface area contributed by atoms with Crippen molar-refractivity contribution in [2.45, 2.75) is 47.0 Å².